The van der Waals surface area contributed by atoms with E-state index in [4.69, 9.17) is 5.11 Å². The molecule has 5 heteroatoms. The zero-order chi connectivity index (χ0) is 11.0. The Balaban J connectivity index is 3.25. The van der Waals surface area contributed by atoms with Crippen LogP contribution >= 0.6 is 11.8 Å². The summed E-state index contributed by atoms with van der Waals surface area (Å²) in [6.07, 6.45) is 0.924. The van der Waals surface area contributed by atoms with Crippen molar-refractivity contribution in [3.63, 3.8) is 0 Å². The van der Waals surface area contributed by atoms with Crippen molar-refractivity contribution in [2.45, 2.75) is 38.5 Å². The number of carboxylic acids is 1. The number of hydrogen-bond acceptors (Lipinski definition) is 2. The minimum absolute atomic E-state index is 0.0597. The molecule has 0 spiro atoms. The number of carboxylic acid groups (broad SMARTS) is 1. The first-order valence-corrected chi connectivity index (χ1v) is 5.81. The van der Waals surface area contributed by atoms with Gasteiger partial charge < -0.3 is 5.11 Å². The number of carbonyl (C=O) groups is 1. The second-order valence-corrected chi connectivity index (χ2v) is 4.22. The van der Waals surface area contributed by atoms with E-state index in [1.54, 1.807) is 0 Å². The molecule has 0 aromatic heterocycles. The lowest BCUT2D eigenvalue weighted by molar-refractivity contribution is -0.133. The second-order valence-electron chi connectivity index (χ2n) is 3.11. The Kier molecular flexibility index (Phi) is 6.87. The first kappa shape index (κ1) is 13.7. The van der Waals surface area contributed by atoms with Crippen LogP contribution in [0.15, 0.2) is 0 Å². The van der Waals surface area contributed by atoms with E-state index in [-0.39, 0.29) is 18.6 Å². The van der Waals surface area contributed by atoms with Gasteiger partial charge in [-0.1, -0.05) is 6.92 Å². The average molecular weight is 226 g/mol. The number of rotatable bonds is 8. The maximum atomic E-state index is 12.7. The molecule has 0 radical (unpaired) electrons. The molecule has 2 nitrogen and oxygen atoms in total. The van der Waals surface area contributed by atoms with Crippen LogP contribution in [-0.4, -0.2) is 28.5 Å². The number of alkyl halides is 2. The van der Waals surface area contributed by atoms with E-state index < -0.39 is 11.9 Å². The fourth-order valence-corrected chi connectivity index (χ4v) is 1.65. The summed E-state index contributed by atoms with van der Waals surface area (Å²) in [4.78, 5) is 10.1. The highest BCUT2D eigenvalue weighted by Crippen LogP contribution is 2.24. The molecular weight excluding hydrogens is 210 g/mol. The maximum absolute atomic E-state index is 12.7. The molecule has 0 unspecified atom stereocenters. The summed E-state index contributed by atoms with van der Waals surface area (Å²) < 4.78 is 25.4. The smallest absolute Gasteiger partial charge is 0.313 e. The third-order valence-corrected chi connectivity index (χ3v) is 2.85. The third kappa shape index (κ3) is 8.29. The van der Waals surface area contributed by atoms with Crippen LogP contribution in [0.25, 0.3) is 0 Å². The molecule has 0 aliphatic carbocycles. The van der Waals surface area contributed by atoms with Gasteiger partial charge in [-0.15, -0.1) is 0 Å². The number of aliphatic carboxylic acids is 1. The van der Waals surface area contributed by atoms with Crippen LogP contribution in [-0.2, 0) is 4.79 Å². The number of unbranched alkanes of at least 4 members (excludes halogenated alkanes) is 1. The third-order valence-electron chi connectivity index (χ3n) is 1.82. The molecule has 0 aliphatic heterocycles. The van der Waals surface area contributed by atoms with Gasteiger partial charge in [0.05, 0.1) is 5.75 Å². The lowest BCUT2D eigenvalue weighted by Crippen LogP contribution is -2.13. The van der Waals surface area contributed by atoms with Crippen LogP contribution in [0.5, 0.6) is 0 Å². The Morgan fingerprint density at radius 3 is 2.57 bits per heavy atom. The molecule has 0 aromatic carbocycles. The monoisotopic (exact) mass is 226 g/mol. The lowest BCUT2D eigenvalue weighted by Gasteiger charge is -2.12. The lowest BCUT2D eigenvalue weighted by atomic mass is 10.1. The summed E-state index contributed by atoms with van der Waals surface area (Å²) in [5, 5.41) is 8.30. The Hall–Kier alpha value is -0.320. The van der Waals surface area contributed by atoms with E-state index >= 15 is 0 Å². The van der Waals surface area contributed by atoms with E-state index in [0.29, 0.717) is 18.6 Å². The Morgan fingerprint density at radius 1 is 1.43 bits per heavy atom. The fourth-order valence-electron chi connectivity index (χ4n) is 0.924. The molecule has 0 bridgehead atoms. The molecule has 0 saturated carbocycles. The molecule has 0 rings (SSSR count). The van der Waals surface area contributed by atoms with Gasteiger partial charge in [-0.3, -0.25) is 4.79 Å². The van der Waals surface area contributed by atoms with Gasteiger partial charge in [0.1, 0.15) is 0 Å². The summed E-state index contributed by atoms with van der Waals surface area (Å²) in [6.45, 7) is 1.47. The molecule has 14 heavy (non-hydrogen) atoms. The van der Waals surface area contributed by atoms with E-state index in [1.165, 1.54) is 18.7 Å². The van der Waals surface area contributed by atoms with Crippen LogP contribution in [0.1, 0.15) is 32.6 Å². The molecule has 0 fully saturated rings. The molecule has 0 atom stereocenters. The Labute approximate surface area is 87.1 Å². The van der Waals surface area contributed by atoms with Crippen molar-refractivity contribution in [3.8, 4) is 0 Å². The van der Waals surface area contributed by atoms with E-state index in [0.717, 1.165) is 0 Å². The van der Waals surface area contributed by atoms with E-state index in [2.05, 4.69) is 0 Å². The van der Waals surface area contributed by atoms with Gasteiger partial charge in [0.2, 0.25) is 5.92 Å². The van der Waals surface area contributed by atoms with Gasteiger partial charge in [0, 0.05) is 12.8 Å². The average Bonchev–Trinajstić information content (AvgIpc) is 2.10. The summed E-state index contributed by atoms with van der Waals surface area (Å²) in [5.74, 6) is -2.69. The second kappa shape index (κ2) is 7.04. The standard InChI is InChI=1S/C9H16F2O2S/c1-2-9(10,11)5-3-4-6-14-7-8(12)13/h2-7H2,1H3,(H,12,13). The molecular formula is C9H16F2O2S. The summed E-state index contributed by atoms with van der Waals surface area (Å²) >= 11 is 1.28. The SMILES string of the molecule is CCC(F)(F)CCCCSCC(=O)O. The summed E-state index contributed by atoms with van der Waals surface area (Å²) in [5.41, 5.74) is 0. The quantitative estimate of drug-likeness (QED) is 0.646. The molecule has 84 valence electrons. The van der Waals surface area contributed by atoms with Crippen LogP contribution < -0.4 is 0 Å². The van der Waals surface area contributed by atoms with Crippen molar-refractivity contribution in [1.82, 2.24) is 0 Å². The first-order chi connectivity index (χ1) is 6.48. The topological polar surface area (TPSA) is 37.3 Å². The van der Waals surface area contributed by atoms with E-state index in [9.17, 15) is 13.6 Å². The van der Waals surface area contributed by atoms with Crippen LogP contribution in [0.3, 0.4) is 0 Å². The first-order valence-electron chi connectivity index (χ1n) is 4.65. The van der Waals surface area contributed by atoms with Crippen molar-refractivity contribution < 1.29 is 18.7 Å². The van der Waals surface area contributed by atoms with Crippen LogP contribution in [0.2, 0.25) is 0 Å². The number of halogens is 2. The maximum Gasteiger partial charge on any atom is 0.313 e. The molecule has 0 aliphatic rings. The molecule has 0 saturated heterocycles. The molecule has 0 amide bonds. The predicted octanol–water partition coefficient (Wildman–Crippen LogP) is 3.02. The van der Waals surface area contributed by atoms with Gasteiger partial charge in [0.25, 0.3) is 0 Å². The van der Waals surface area contributed by atoms with Gasteiger partial charge in [-0.2, -0.15) is 11.8 Å². The van der Waals surface area contributed by atoms with Gasteiger partial charge in [0.15, 0.2) is 0 Å². The molecule has 0 heterocycles. The van der Waals surface area contributed by atoms with Gasteiger partial charge in [-0.25, -0.2) is 8.78 Å². The number of hydrogen-bond donors (Lipinski definition) is 1. The van der Waals surface area contributed by atoms with Crippen molar-refractivity contribution in [2.24, 2.45) is 0 Å². The Morgan fingerprint density at radius 2 is 2.07 bits per heavy atom. The Bertz CT molecular complexity index is 174. The van der Waals surface area contributed by atoms with Crippen molar-refractivity contribution in [3.05, 3.63) is 0 Å². The van der Waals surface area contributed by atoms with Crippen LogP contribution in [0, 0.1) is 0 Å². The highest BCUT2D eigenvalue weighted by molar-refractivity contribution is 7.99. The van der Waals surface area contributed by atoms with Gasteiger partial charge >= 0.3 is 5.97 Å². The minimum atomic E-state index is -2.54. The van der Waals surface area contributed by atoms with E-state index in [1.807, 2.05) is 0 Å². The largest absolute Gasteiger partial charge is 0.481 e. The molecule has 1 N–H and O–H groups in total. The highest BCUT2D eigenvalue weighted by atomic mass is 32.2. The summed E-state index contributed by atoms with van der Waals surface area (Å²) in [6, 6.07) is 0. The normalized spacial score (nSPS) is 11.6. The minimum Gasteiger partial charge on any atom is -0.481 e. The highest BCUT2D eigenvalue weighted by Gasteiger charge is 2.24. The zero-order valence-electron chi connectivity index (χ0n) is 8.26. The van der Waals surface area contributed by atoms with Crippen molar-refractivity contribution in [2.75, 3.05) is 11.5 Å². The zero-order valence-corrected chi connectivity index (χ0v) is 9.08. The van der Waals surface area contributed by atoms with Crippen molar-refractivity contribution in [1.29, 1.82) is 0 Å². The fraction of sp³-hybridized carbons (Fsp3) is 0.889. The summed E-state index contributed by atoms with van der Waals surface area (Å²) in [7, 11) is 0. The van der Waals surface area contributed by atoms with Crippen LogP contribution in [0.4, 0.5) is 8.78 Å². The van der Waals surface area contributed by atoms with Crippen molar-refractivity contribution >= 4 is 17.7 Å². The molecule has 0 aromatic rings. The van der Waals surface area contributed by atoms with Gasteiger partial charge in [-0.05, 0) is 18.6 Å². The number of thioether (sulfide) groups is 1. The predicted molar refractivity (Wildman–Crippen MR) is 54.0 cm³/mol.